The molecule has 0 saturated carbocycles. The van der Waals surface area contributed by atoms with Crippen LogP contribution in [0.15, 0.2) is 30.0 Å². The number of hydrogen-bond donors (Lipinski definition) is 1. The van der Waals surface area contributed by atoms with Crippen molar-refractivity contribution >= 4 is 24.7 Å². The molecule has 138 valence electrons. The Balaban J connectivity index is 1.77. The molecule has 1 heterocycles. The van der Waals surface area contributed by atoms with Gasteiger partial charge in [-0.3, -0.25) is 0 Å². The summed E-state index contributed by atoms with van der Waals surface area (Å²) in [6, 6.07) is 7.79. The van der Waals surface area contributed by atoms with E-state index in [0.29, 0.717) is 26.4 Å². The third-order valence-corrected chi connectivity index (χ3v) is 4.20. The highest BCUT2D eigenvalue weighted by Crippen LogP contribution is 2.35. The number of nitrogens with zero attached hydrogens (tertiary/aromatic N) is 1. The highest BCUT2D eigenvalue weighted by atomic mass is 32.1. The number of carbonyl (C=O) groups excluding carboxylic acids is 1. The van der Waals surface area contributed by atoms with Crippen molar-refractivity contribution in [3.05, 3.63) is 35.5 Å². The van der Waals surface area contributed by atoms with Gasteiger partial charge in [0.05, 0.1) is 25.5 Å². The number of carbonyl (C=O) groups is 1. The second kappa shape index (κ2) is 10.3. The number of rotatable bonds is 11. The molecule has 6 nitrogen and oxygen atoms in total. The van der Waals surface area contributed by atoms with Crippen LogP contribution in [0.2, 0.25) is 0 Å². The first kappa shape index (κ1) is 19.6. The SMILES string of the molecule is CCC1=C(c2ccc(OCCOCCOCC=O)cc2)OC(S)N1C. The van der Waals surface area contributed by atoms with E-state index in [-0.39, 0.29) is 12.2 Å². The van der Waals surface area contributed by atoms with Gasteiger partial charge in [0.25, 0.3) is 0 Å². The molecule has 1 aromatic rings. The predicted molar refractivity (Wildman–Crippen MR) is 98.5 cm³/mol. The van der Waals surface area contributed by atoms with Crippen molar-refractivity contribution in [2.24, 2.45) is 0 Å². The van der Waals surface area contributed by atoms with E-state index in [1.807, 2.05) is 36.2 Å². The summed E-state index contributed by atoms with van der Waals surface area (Å²) in [4.78, 5) is 12.1. The summed E-state index contributed by atoms with van der Waals surface area (Å²) < 4.78 is 21.8. The van der Waals surface area contributed by atoms with Gasteiger partial charge in [0.2, 0.25) is 5.56 Å². The van der Waals surface area contributed by atoms with E-state index in [2.05, 4.69) is 19.6 Å². The minimum Gasteiger partial charge on any atom is -0.491 e. The fraction of sp³-hybridized carbons (Fsp3) is 0.500. The lowest BCUT2D eigenvalue weighted by atomic mass is 10.1. The quantitative estimate of drug-likeness (QED) is 0.369. The largest absolute Gasteiger partial charge is 0.491 e. The Morgan fingerprint density at radius 3 is 2.52 bits per heavy atom. The number of aldehydes is 1. The molecular weight excluding hydrogens is 342 g/mol. The Morgan fingerprint density at radius 1 is 1.16 bits per heavy atom. The summed E-state index contributed by atoms with van der Waals surface area (Å²) in [6.07, 6.45) is 1.60. The van der Waals surface area contributed by atoms with Gasteiger partial charge >= 0.3 is 0 Å². The Kier molecular flexibility index (Phi) is 8.11. The maximum atomic E-state index is 10.1. The molecule has 1 aromatic carbocycles. The van der Waals surface area contributed by atoms with Crippen LogP contribution >= 0.6 is 12.6 Å². The van der Waals surface area contributed by atoms with Crippen LogP contribution in [0.4, 0.5) is 0 Å². The molecule has 0 bridgehead atoms. The average Bonchev–Trinajstić information content (AvgIpc) is 2.92. The lowest BCUT2D eigenvalue weighted by molar-refractivity contribution is -0.112. The highest BCUT2D eigenvalue weighted by Gasteiger charge is 2.27. The number of hydrogen-bond acceptors (Lipinski definition) is 7. The summed E-state index contributed by atoms with van der Waals surface area (Å²) in [5.74, 6) is 1.65. The second-order valence-corrected chi connectivity index (χ2v) is 5.85. The van der Waals surface area contributed by atoms with Crippen molar-refractivity contribution in [1.29, 1.82) is 0 Å². The Hall–Kier alpha value is -1.70. The van der Waals surface area contributed by atoms with Crippen LogP contribution in [0.1, 0.15) is 18.9 Å². The van der Waals surface area contributed by atoms with E-state index in [9.17, 15) is 4.79 Å². The van der Waals surface area contributed by atoms with Crippen molar-refractivity contribution in [3.63, 3.8) is 0 Å². The molecule has 0 fully saturated rings. The molecule has 0 N–H and O–H groups in total. The third-order valence-electron chi connectivity index (χ3n) is 3.75. The van der Waals surface area contributed by atoms with Crippen molar-refractivity contribution in [1.82, 2.24) is 4.90 Å². The summed E-state index contributed by atoms with van der Waals surface area (Å²) in [5, 5.41) is 0. The zero-order valence-electron chi connectivity index (χ0n) is 14.6. The smallest absolute Gasteiger partial charge is 0.218 e. The zero-order valence-corrected chi connectivity index (χ0v) is 15.5. The number of allylic oxidation sites excluding steroid dienone is 1. The van der Waals surface area contributed by atoms with Gasteiger partial charge in [0.1, 0.15) is 31.0 Å². The second-order valence-electron chi connectivity index (χ2n) is 5.41. The van der Waals surface area contributed by atoms with Gasteiger partial charge in [0, 0.05) is 12.6 Å². The van der Waals surface area contributed by atoms with Gasteiger partial charge < -0.3 is 28.6 Å². The van der Waals surface area contributed by atoms with Gasteiger partial charge in [-0.05, 0) is 30.7 Å². The molecule has 0 spiro atoms. The molecule has 0 saturated heterocycles. The van der Waals surface area contributed by atoms with E-state index in [1.54, 1.807) is 0 Å². The van der Waals surface area contributed by atoms with Gasteiger partial charge in [-0.2, -0.15) is 0 Å². The first-order valence-corrected chi connectivity index (χ1v) is 8.82. The molecule has 1 atom stereocenters. The fourth-order valence-electron chi connectivity index (χ4n) is 2.46. The number of thiol groups is 1. The first-order valence-electron chi connectivity index (χ1n) is 8.30. The monoisotopic (exact) mass is 367 g/mol. The van der Waals surface area contributed by atoms with Crippen LogP contribution in [-0.2, 0) is 19.0 Å². The van der Waals surface area contributed by atoms with E-state index >= 15 is 0 Å². The van der Waals surface area contributed by atoms with E-state index in [0.717, 1.165) is 35.5 Å². The molecule has 7 heteroatoms. The lowest BCUT2D eigenvalue weighted by Crippen LogP contribution is -2.21. The molecule has 2 rings (SSSR count). The molecule has 0 aromatic heterocycles. The van der Waals surface area contributed by atoms with Crippen LogP contribution in [-0.4, -0.2) is 56.8 Å². The molecular formula is C18H25NO5S. The standard InChI is InChI=1S/C18H25NO5S/c1-3-16-17(24-18(25)19(16)2)14-4-6-15(7-5-14)23-13-12-22-11-10-21-9-8-20/h4-8,18,25H,3,9-13H2,1-2H3. The van der Waals surface area contributed by atoms with Crippen LogP contribution in [0, 0.1) is 0 Å². The molecule has 1 aliphatic rings. The van der Waals surface area contributed by atoms with Gasteiger partial charge in [-0.15, -0.1) is 12.6 Å². The summed E-state index contributed by atoms with van der Waals surface area (Å²) in [6.45, 7) is 3.97. The molecule has 0 aliphatic carbocycles. The third kappa shape index (κ3) is 5.66. The van der Waals surface area contributed by atoms with Crippen LogP contribution in [0.5, 0.6) is 5.75 Å². The van der Waals surface area contributed by atoms with Crippen LogP contribution in [0.3, 0.4) is 0 Å². The van der Waals surface area contributed by atoms with E-state index in [4.69, 9.17) is 18.9 Å². The molecule has 0 amide bonds. The van der Waals surface area contributed by atoms with E-state index < -0.39 is 0 Å². The highest BCUT2D eigenvalue weighted by molar-refractivity contribution is 7.80. The first-order chi connectivity index (χ1) is 12.2. The summed E-state index contributed by atoms with van der Waals surface area (Å²) in [5.41, 5.74) is 1.91. The van der Waals surface area contributed by atoms with Gasteiger partial charge in [-0.25, -0.2) is 0 Å². The minimum absolute atomic E-state index is 0.107. The Labute approximate surface area is 154 Å². The maximum absolute atomic E-state index is 10.1. The fourth-order valence-corrected chi connectivity index (χ4v) is 2.71. The van der Waals surface area contributed by atoms with Crippen molar-refractivity contribution < 1.29 is 23.7 Å². The maximum Gasteiger partial charge on any atom is 0.218 e. The van der Waals surface area contributed by atoms with Crippen molar-refractivity contribution in [3.8, 4) is 5.75 Å². The summed E-state index contributed by atoms with van der Waals surface area (Å²) in [7, 11) is 1.98. The Morgan fingerprint density at radius 2 is 1.84 bits per heavy atom. The van der Waals surface area contributed by atoms with Crippen molar-refractivity contribution in [2.45, 2.75) is 18.9 Å². The van der Waals surface area contributed by atoms with Crippen LogP contribution in [0.25, 0.3) is 5.76 Å². The molecule has 0 radical (unpaired) electrons. The topological polar surface area (TPSA) is 57.2 Å². The predicted octanol–water partition coefficient (Wildman–Crippen LogP) is 2.55. The molecule has 1 unspecified atom stereocenters. The van der Waals surface area contributed by atoms with Gasteiger partial charge in [0.15, 0.2) is 0 Å². The van der Waals surface area contributed by atoms with Gasteiger partial charge in [-0.1, -0.05) is 6.92 Å². The lowest BCUT2D eigenvalue weighted by Gasteiger charge is -2.17. The number of benzene rings is 1. The minimum atomic E-state index is -0.242. The van der Waals surface area contributed by atoms with Crippen molar-refractivity contribution in [2.75, 3.05) is 40.1 Å². The zero-order chi connectivity index (χ0) is 18.1. The average molecular weight is 367 g/mol. The molecule has 25 heavy (non-hydrogen) atoms. The van der Waals surface area contributed by atoms with E-state index in [1.165, 1.54) is 0 Å². The normalized spacial score (nSPS) is 16.9. The Bertz CT molecular complexity index is 575. The number of ether oxygens (including phenoxy) is 4. The summed E-state index contributed by atoms with van der Waals surface area (Å²) >= 11 is 4.42. The van der Waals surface area contributed by atoms with Crippen LogP contribution < -0.4 is 4.74 Å². The molecule has 1 aliphatic heterocycles.